The Labute approximate surface area is 278 Å². The summed E-state index contributed by atoms with van der Waals surface area (Å²) in [4.78, 5) is 30.6. The number of carbonyl (C=O) groups is 1. The normalized spacial score (nSPS) is 10.8. The Balaban J connectivity index is 1.48. The number of nitriles is 2. The molecule has 4 aromatic carbocycles. The van der Waals surface area contributed by atoms with E-state index in [9.17, 15) is 20.1 Å². The lowest BCUT2D eigenvalue weighted by atomic mass is 9.95. The molecule has 7 rings (SSSR count). The van der Waals surface area contributed by atoms with Gasteiger partial charge in [-0.05, 0) is 42.5 Å². The van der Waals surface area contributed by atoms with Crippen molar-refractivity contribution >= 4 is 23.0 Å². The molecule has 0 aliphatic heterocycles. The average molecular weight is 648 g/mol. The number of methoxy groups -OCH3 is 1. The molecule has 0 spiro atoms. The average Bonchev–Trinajstić information content (AvgIpc) is 3.78. The number of nitrogens with zero attached hydrogens (tertiary/aromatic N) is 6. The first-order chi connectivity index (χ1) is 23.4. The molecule has 0 amide bonds. The third-order valence-electron chi connectivity index (χ3n) is 7.90. The highest BCUT2D eigenvalue weighted by Gasteiger charge is 2.27. The van der Waals surface area contributed by atoms with Crippen molar-refractivity contribution in [3.8, 4) is 57.3 Å². The molecule has 0 radical (unpaired) electrons. The van der Waals surface area contributed by atoms with Gasteiger partial charge in [0, 0.05) is 44.6 Å². The largest absolute Gasteiger partial charge is 0.497 e. The summed E-state index contributed by atoms with van der Waals surface area (Å²) in [6, 6.07) is 34.0. The maximum atomic E-state index is 14.0. The van der Waals surface area contributed by atoms with E-state index in [1.54, 1.807) is 109 Å². The second kappa shape index (κ2) is 12.2. The number of nitrogens with one attached hydrogen (secondary N) is 1. The van der Waals surface area contributed by atoms with Gasteiger partial charge in [0.2, 0.25) is 0 Å². The number of rotatable bonds is 7. The van der Waals surface area contributed by atoms with E-state index in [1.807, 2.05) is 18.2 Å². The van der Waals surface area contributed by atoms with E-state index < -0.39 is 5.56 Å². The van der Waals surface area contributed by atoms with Gasteiger partial charge in [0.1, 0.15) is 34.7 Å². The van der Waals surface area contributed by atoms with E-state index in [2.05, 4.69) is 16.2 Å². The standard InChI is InChI=1S/C37H22ClN7O3/c1-48-26-16-14-22(15-17-26)33-31(21-44(42-33)25-11-7-10-24(38)18-25)32-29(19-39)36-41-35(43-45(36)37(47)30(32)20-40)28-13-6-5-12-27(28)34(46)23-8-3-2-4-9-23/h2-18,21H,1H3,(H,41,43). The number of aromatic amines is 1. The molecule has 10 nitrogen and oxygen atoms in total. The number of H-pyrrole nitrogens is 1. The highest BCUT2D eigenvalue weighted by molar-refractivity contribution is 6.30. The van der Waals surface area contributed by atoms with Crippen molar-refractivity contribution in [1.82, 2.24) is 24.4 Å². The van der Waals surface area contributed by atoms with E-state index >= 15 is 0 Å². The lowest BCUT2D eigenvalue weighted by Crippen LogP contribution is -2.20. The summed E-state index contributed by atoms with van der Waals surface area (Å²) < 4.78 is 7.90. The van der Waals surface area contributed by atoms with Crippen LogP contribution in [0.2, 0.25) is 5.02 Å². The number of hydrogen-bond donors (Lipinski definition) is 1. The molecule has 0 saturated carbocycles. The highest BCUT2D eigenvalue weighted by atomic mass is 35.5. The van der Waals surface area contributed by atoms with Crippen LogP contribution in [0.15, 0.2) is 114 Å². The molecule has 0 aliphatic carbocycles. The predicted molar refractivity (Wildman–Crippen MR) is 180 cm³/mol. The SMILES string of the molecule is COc1ccc(-c2nn(-c3cccc(Cl)c3)cc2-c2c(C#N)c(=O)n3nc(-c4ccccc4C(=O)c4ccccc4)[nH]c3c2C#N)cc1. The van der Waals surface area contributed by atoms with Crippen LogP contribution in [0.3, 0.4) is 0 Å². The van der Waals surface area contributed by atoms with Gasteiger partial charge in [-0.3, -0.25) is 9.59 Å². The Morgan fingerprint density at radius 3 is 2.29 bits per heavy atom. The summed E-state index contributed by atoms with van der Waals surface area (Å²) in [6.07, 6.45) is 1.66. The molecule has 0 saturated heterocycles. The molecule has 48 heavy (non-hydrogen) atoms. The number of hydrogen-bond acceptors (Lipinski definition) is 7. The quantitative estimate of drug-likeness (QED) is 0.187. The van der Waals surface area contributed by atoms with Crippen LogP contribution in [-0.2, 0) is 0 Å². The minimum atomic E-state index is -0.743. The van der Waals surface area contributed by atoms with Gasteiger partial charge in [-0.25, -0.2) is 4.68 Å². The van der Waals surface area contributed by atoms with Gasteiger partial charge in [0.05, 0.1) is 12.8 Å². The van der Waals surface area contributed by atoms with E-state index in [4.69, 9.17) is 21.4 Å². The lowest BCUT2D eigenvalue weighted by Gasteiger charge is -2.08. The van der Waals surface area contributed by atoms with Crippen LogP contribution in [0, 0.1) is 22.7 Å². The summed E-state index contributed by atoms with van der Waals surface area (Å²) in [5.41, 5.74) is 2.41. The minimum absolute atomic E-state index is 0.00262. The molecule has 0 unspecified atom stereocenters. The third-order valence-corrected chi connectivity index (χ3v) is 8.13. The van der Waals surface area contributed by atoms with Crippen molar-refractivity contribution < 1.29 is 9.53 Å². The highest BCUT2D eigenvalue weighted by Crippen LogP contribution is 2.37. The van der Waals surface area contributed by atoms with Crippen LogP contribution >= 0.6 is 11.6 Å². The van der Waals surface area contributed by atoms with Crippen molar-refractivity contribution in [2.75, 3.05) is 7.11 Å². The second-order valence-corrected chi connectivity index (χ2v) is 11.1. The van der Waals surface area contributed by atoms with Crippen molar-refractivity contribution in [2.24, 2.45) is 0 Å². The second-order valence-electron chi connectivity index (χ2n) is 10.7. The molecule has 0 fully saturated rings. The Hall–Kier alpha value is -6.75. The van der Waals surface area contributed by atoms with Gasteiger partial charge < -0.3 is 9.72 Å². The first-order valence-corrected chi connectivity index (χ1v) is 15.0. The van der Waals surface area contributed by atoms with Crippen LogP contribution in [0.1, 0.15) is 27.0 Å². The van der Waals surface area contributed by atoms with Crippen molar-refractivity contribution in [2.45, 2.75) is 0 Å². The number of pyridine rings is 1. The number of ether oxygens (including phenoxy) is 1. The Bertz CT molecular complexity index is 2520. The van der Waals surface area contributed by atoms with Crippen LogP contribution in [0.25, 0.3) is 45.1 Å². The summed E-state index contributed by atoms with van der Waals surface area (Å²) >= 11 is 6.29. The zero-order valence-corrected chi connectivity index (χ0v) is 25.9. The van der Waals surface area contributed by atoms with Crippen molar-refractivity contribution in [1.29, 1.82) is 10.5 Å². The third kappa shape index (κ3) is 5.09. The first kappa shape index (κ1) is 29.9. The molecule has 0 atom stereocenters. The van der Waals surface area contributed by atoms with Crippen LogP contribution < -0.4 is 10.3 Å². The summed E-state index contributed by atoms with van der Waals surface area (Å²) in [7, 11) is 1.56. The molecule has 3 aromatic heterocycles. The first-order valence-electron chi connectivity index (χ1n) is 14.6. The smallest absolute Gasteiger partial charge is 0.291 e. The summed E-state index contributed by atoms with van der Waals surface area (Å²) in [5, 5.41) is 30.8. The Morgan fingerprint density at radius 1 is 0.854 bits per heavy atom. The van der Waals surface area contributed by atoms with E-state index in [0.717, 1.165) is 4.52 Å². The van der Waals surface area contributed by atoms with Gasteiger partial charge in [-0.2, -0.15) is 20.1 Å². The van der Waals surface area contributed by atoms with Crippen LogP contribution in [0.5, 0.6) is 5.75 Å². The zero-order valence-electron chi connectivity index (χ0n) is 25.2. The topological polar surface area (TPSA) is 142 Å². The summed E-state index contributed by atoms with van der Waals surface area (Å²) in [6.45, 7) is 0. The number of halogens is 1. The molecule has 1 N–H and O–H groups in total. The molecule has 7 aromatic rings. The molecule has 230 valence electrons. The molecule has 11 heteroatoms. The zero-order chi connectivity index (χ0) is 33.4. The van der Waals surface area contributed by atoms with Gasteiger partial charge >= 0.3 is 0 Å². The maximum absolute atomic E-state index is 14.0. The Kier molecular flexibility index (Phi) is 7.62. The van der Waals surface area contributed by atoms with E-state index in [-0.39, 0.29) is 33.9 Å². The van der Waals surface area contributed by atoms with Gasteiger partial charge in [0.25, 0.3) is 5.56 Å². The fourth-order valence-corrected chi connectivity index (χ4v) is 5.80. The lowest BCUT2D eigenvalue weighted by molar-refractivity contribution is 0.103. The number of carbonyl (C=O) groups excluding carboxylic acids is 1. The van der Waals surface area contributed by atoms with Gasteiger partial charge in [0.15, 0.2) is 17.3 Å². The molecular formula is C37H22ClN7O3. The number of aromatic nitrogens is 5. The molecule has 0 aliphatic rings. The number of ketones is 1. The van der Waals surface area contributed by atoms with Crippen LogP contribution in [0.4, 0.5) is 0 Å². The Morgan fingerprint density at radius 2 is 1.58 bits per heavy atom. The predicted octanol–water partition coefficient (Wildman–Crippen LogP) is 6.85. The molecule has 0 bridgehead atoms. The van der Waals surface area contributed by atoms with E-state index in [0.29, 0.717) is 50.0 Å². The van der Waals surface area contributed by atoms with Crippen LogP contribution in [-0.4, -0.2) is 37.3 Å². The molecular weight excluding hydrogens is 626 g/mol. The van der Waals surface area contributed by atoms with Crippen molar-refractivity contribution in [3.63, 3.8) is 0 Å². The number of benzene rings is 4. The fourth-order valence-electron chi connectivity index (χ4n) is 5.62. The maximum Gasteiger partial charge on any atom is 0.291 e. The monoisotopic (exact) mass is 647 g/mol. The van der Waals surface area contributed by atoms with Crippen molar-refractivity contribution in [3.05, 3.63) is 147 Å². The minimum Gasteiger partial charge on any atom is -0.497 e. The molecule has 3 heterocycles. The van der Waals surface area contributed by atoms with E-state index in [1.165, 1.54) is 0 Å². The number of fused-ring (bicyclic) bond motifs is 1. The fraction of sp³-hybridized carbons (Fsp3) is 0.0270. The van der Waals surface area contributed by atoms with Gasteiger partial charge in [-0.1, -0.05) is 72.3 Å². The summed E-state index contributed by atoms with van der Waals surface area (Å²) in [5.74, 6) is 0.561. The van der Waals surface area contributed by atoms with Gasteiger partial charge in [-0.15, -0.1) is 5.10 Å².